The van der Waals surface area contributed by atoms with Crippen molar-refractivity contribution in [2.24, 2.45) is 7.05 Å². The maximum Gasteiger partial charge on any atom is 0.272 e. The summed E-state index contributed by atoms with van der Waals surface area (Å²) in [7, 11) is 1.88. The van der Waals surface area contributed by atoms with Crippen molar-refractivity contribution >= 4 is 5.91 Å². The van der Waals surface area contributed by atoms with E-state index in [-0.39, 0.29) is 17.2 Å². The summed E-state index contributed by atoms with van der Waals surface area (Å²) in [6.45, 7) is 2.43. The van der Waals surface area contributed by atoms with Crippen LogP contribution in [0.15, 0.2) is 59.7 Å². The monoisotopic (exact) mass is 351 g/mol. The van der Waals surface area contributed by atoms with Gasteiger partial charge in [-0.25, -0.2) is 9.67 Å². The fourth-order valence-electron chi connectivity index (χ4n) is 2.74. The average Bonchev–Trinajstić information content (AvgIpc) is 3.08. The molecule has 0 radical (unpaired) electrons. The lowest BCUT2D eigenvalue weighted by Crippen LogP contribution is -2.33. The van der Waals surface area contributed by atoms with Crippen LogP contribution in [-0.2, 0) is 13.6 Å². The Morgan fingerprint density at radius 3 is 2.62 bits per heavy atom. The number of nitrogens with zero attached hydrogens (tertiary/aromatic N) is 4. The smallest absolute Gasteiger partial charge is 0.272 e. The zero-order valence-corrected chi connectivity index (χ0v) is 14.8. The Labute approximate surface area is 151 Å². The van der Waals surface area contributed by atoms with E-state index < -0.39 is 6.04 Å². The molecule has 0 aliphatic rings. The predicted octanol–water partition coefficient (Wildman–Crippen LogP) is 1.91. The summed E-state index contributed by atoms with van der Waals surface area (Å²) in [6.07, 6.45) is 4.28. The van der Waals surface area contributed by atoms with Crippen molar-refractivity contribution in [1.82, 2.24) is 24.6 Å². The maximum atomic E-state index is 12.8. The summed E-state index contributed by atoms with van der Waals surface area (Å²) in [5, 5.41) is 7.16. The molecule has 2 aromatic heterocycles. The second-order valence-corrected chi connectivity index (χ2v) is 5.99. The van der Waals surface area contributed by atoms with Gasteiger partial charge in [0.2, 0.25) is 0 Å². The highest BCUT2D eigenvalue weighted by Gasteiger charge is 2.22. The van der Waals surface area contributed by atoms with Crippen LogP contribution in [0.2, 0.25) is 0 Å². The van der Waals surface area contributed by atoms with Crippen LogP contribution >= 0.6 is 0 Å². The number of aryl methyl sites for hydroxylation is 2. The number of hydrogen-bond donors (Lipinski definition) is 1. The molecule has 0 fully saturated rings. The Bertz CT molecular complexity index is 946. The molecule has 1 atom stereocenters. The van der Waals surface area contributed by atoms with Crippen LogP contribution in [0.1, 0.15) is 41.3 Å². The van der Waals surface area contributed by atoms with Crippen molar-refractivity contribution in [3.8, 4) is 0 Å². The van der Waals surface area contributed by atoms with Crippen molar-refractivity contribution < 1.29 is 4.79 Å². The molecule has 0 aliphatic heterocycles. The van der Waals surface area contributed by atoms with Crippen LogP contribution in [0, 0.1) is 0 Å². The molecule has 7 heteroatoms. The van der Waals surface area contributed by atoms with Crippen molar-refractivity contribution in [3.63, 3.8) is 0 Å². The molecule has 26 heavy (non-hydrogen) atoms. The number of hydrogen-bond acceptors (Lipinski definition) is 4. The third-order valence-electron chi connectivity index (χ3n) is 4.06. The first-order chi connectivity index (χ1) is 12.6. The van der Waals surface area contributed by atoms with Crippen LogP contribution < -0.4 is 10.9 Å². The third-order valence-corrected chi connectivity index (χ3v) is 4.06. The SMILES string of the molecule is CCCn1nc(C(=O)N[C@@H](c2ccccc2)c2nccn2C)ccc1=O. The van der Waals surface area contributed by atoms with Crippen LogP contribution in [-0.4, -0.2) is 25.2 Å². The fourth-order valence-corrected chi connectivity index (χ4v) is 2.74. The first-order valence-corrected chi connectivity index (χ1v) is 8.51. The van der Waals surface area contributed by atoms with E-state index in [1.54, 1.807) is 6.20 Å². The maximum absolute atomic E-state index is 12.8. The van der Waals surface area contributed by atoms with E-state index in [1.807, 2.05) is 55.1 Å². The summed E-state index contributed by atoms with van der Waals surface area (Å²) < 4.78 is 3.18. The van der Waals surface area contributed by atoms with E-state index >= 15 is 0 Å². The zero-order chi connectivity index (χ0) is 18.5. The van der Waals surface area contributed by atoms with Crippen LogP contribution in [0.5, 0.6) is 0 Å². The van der Waals surface area contributed by atoms with Crippen LogP contribution in [0.4, 0.5) is 0 Å². The molecular weight excluding hydrogens is 330 g/mol. The predicted molar refractivity (Wildman–Crippen MR) is 97.7 cm³/mol. The lowest BCUT2D eigenvalue weighted by atomic mass is 10.1. The Hall–Kier alpha value is -3.22. The number of carbonyl (C=O) groups is 1. The lowest BCUT2D eigenvalue weighted by Gasteiger charge is -2.19. The minimum Gasteiger partial charge on any atom is -0.337 e. The van der Waals surface area contributed by atoms with Gasteiger partial charge in [0.1, 0.15) is 17.6 Å². The summed E-state index contributed by atoms with van der Waals surface area (Å²) in [5.74, 6) is 0.359. The van der Waals surface area contributed by atoms with E-state index in [9.17, 15) is 9.59 Å². The van der Waals surface area contributed by atoms with Gasteiger partial charge in [-0.3, -0.25) is 9.59 Å². The Morgan fingerprint density at radius 2 is 1.96 bits per heavy atom. The molecule has 1 aromatic carbocycles. The highest BCUT2D eigenvalue weighted by atomic mass is 16.2. The van der Waals surface area contributed by atoms with Gasteiger partial charge in [-0.1, -0.05) is 37.3 Å². The van der Waals surface area contributed by atoms with E-state index in [2.05, 4.69) is 15.4 Å². The number of amides is 1. The first kappa shape index (κ1) is 17.6. The van der Waals surface area contributed by atoms with E-state index in [0.717, 1.165) is 12.0 Å². The van der Waals surface area contributed by atoms with Gasteiger partial charge >= 0.3 is 0 Å². The van der Waals surface area contributed by atoms with Crippen molar-refractivity contribution in [2.45, 2.75) is 25.9 Å². The quantitative estimate of drug-likeness (QED) is 0.735. The topological polar surface area (TPSA) is 81.8 Å². The van der Waals surface area contributed by atoms with Crippen molar-refractivity contribution in [3.05, 3.63) is 82.3 Å². The molecule has 0 saturated heterocycles. The van der Waals surface area contributed by atoms with Crippen molar-refractivity contribution in [1.29, 1.82) is 0 Å². The van der Waals surface area contributed by atoms with E-state index in [4.69, 9.17) is 0 Å². The number of carbonyl (C=O) groups excluding carboxylic acids is 1. The molecule has 3 aromatic rings. The summed E-state index contributed by atoms with van der Waals surface area (Å²) in [5.41, 5.74) is 0.900. The average molecular weight is 351 g/mol. The molecule has 1 amide bonds. The van der Waals surface area contributed by atoms with Crippen LogP contribution in [0.25, 0.3) is 0 Å². The van der Waals surface area contributed by atoms with Gasteiger partial charge in [0.15, 0.2) is 0 Å². The van der Waals surface area contributed by atoms with Crippen molar-refractivity contribution in [2.75, 3.05) is 0 Å². The Kier molecular flexibility index (Phi) is 5.26. The highest BCUT2D eigenvalue weighted by molar-refractivity contribution is 5.92. The highest BCUT2D eigenvalue weighted by Crippen LogP contribution is 2.20. The molecular formula is C19H21N5O2. The summed E-state index contributed by atoms with van der Waals surface area (Å²) in [4.78, 5) is 29.0. The lowest BCUT2D eigenvalue weighted by molar-refractivity contribution is 0.0933. The second-order valence-electron chi connectivity index (χ2n) is 5.99. The molecule has 0 spiro atoms. The molecule has 0 bridgehead atoms. The molecule has 3 rings (SSSR count). The molecule has 1 N–H and O–H groups in total. The fraction of sp³-hybridized carbons (Fsp3) is 0.263. The molecule has 0 saturated carbocycles. The minimum atomic E-state index is -0.419. The Balaban J connectivity index is 1.92. The number of aromatic nitrogens is 4. The second kappa shape index (κ2) is 7.77. The Morgan fingerprint density at radius 1 is 1.19 bits per heavy atom. The normalized spacial score (nSPS) is 11.9. The number of benzene rings is 1. The van der Waals surface area contributed by atoms with Gasteiger partial charge < -0.3 is 9.88 Å². The number of nitrogens with one attached hydrogen (secondary N) is 1. The van der Waals surface area contributed by atoms with Gasteiger partial charge in [0, 0.05) is 32.1 Å². The number of imidazole rings is 1. The van der Waals surface area contributed by atoms with Gasteiger partial charge in [-0.05, 0) is 18.1 Å². The largest absolute Gasteiger partial charge is 0.337 e. The third kappa shape index (κ3) is 3.72. The van der Waals surface area contributed by atoms with E-state index in [1.165, 1.54) is 16.8 Å². The van der Waals surface area contributed by atoms with E-state index in [0.29, 0.717) is 12.4 Å². The standard InChI is InChI=1S/C19H21N5O2/c1-3-12-24-16(25)10-9-15(22-24)19(26)21-17(14-7-5-4-6-8-14)18-20-11-13-23(18)2/h4-11,13,17H,3,12H2,1-2H3,(H,21,26)/t17-/m0/s1. The van der Waals surface area contributed by atoms with Gasteiger partial charge in [-0.2, -0.15) is 5.10 Å². The molecule has 2 heterocycles. The zero-order valence-electron chi connectivity index (χ0n) is 14.8. The molecule has 7 nitrogen and oxygen atoms in total. The number of rotatable bonds is 6. The molecule has 0 unspecified atom stereocenters. The first-order valence-electron chi connectivity index (χ1n) is 8.51. The molecule has 134 valence electrons. The summed E-state index contributed by atoms with van der Waals surface area (Å²) >= 11 is 0. The molecule has 0 aliphatic carbocycles. The van der Waals surface area contributed by atoms with Gasteiger partial charge in [0.05, 0.1) is 0 Å². The summed E-state index contributed by atoms with van der Waals surface area (Å²) in [6, 6.07) is 12.0. The van der Waals surface area contributed by atoms with Gasteiger partial charge in [-0.15, -0.1) is 0 Å². The van der Waals surface area contributed by atoms with Gasteiger partial charge in [0.25, 0.3) is 11.5 Å². The minimum absolute atomic E-state index is 0.202. The van der Waals surface area contributed by atoms with Crippen LogP contribution in [0.3, 0.4) is 0 Å².